The van der Waals surface area contributed by atoms with Crippen molar-refractivity contribution in [1.29, 1.82) is 0 Å². The molecule has 0 amide bonds. The van der Waals surface area contributed by atoms with Crippen LogP contribution in [0.2, 0.25) is 5.02 Å². The highest BCUT2D eigenvalue weighted by Gasteiger charge is 2.36. The van der Waals surface area contributed by atoms with E-state index in [0.717, 1.165) is 12.1 Å². The molecule has 0 aromatic heterocycles. The highest BCUT2D eigenvalue weighted by Crippen LogP contribution is 2.34. The van der Waals surface area contributed by atoms with Gasteiger partial charge < -0.3 is 5.32 Å². The third-order valence-corrected chi connectivity index (χ3v) is 4.72. The average molecular weight is 445 g/mol. The van der Waals surface area contributed by atoms with Gasteiger partial charge in [-0.25, -0.2) is 9.38 Å². The maximum Gasteiger partial charge on any atom is 0.449 e. The zero-order valence-electron chi connectivity index (χ0n) is 14.1. The van der Waals surface area contributed by atoms with Crippen LogP contribution in [0.5, 0.6) is 0 Å². The van der Waals surface area contributed by atoms with Crippen molar-refractivity contribution >= 4 is 40.6 Å². The van der Waals surface area contributed by atoms with Crippen molar-refractivity contribution in [1.82, 2.24) is 0 Å². The van der Waals surface area contributed by atoms with Crippen LogP contribution in [0.25, 0.3) is 0 Å². The molecule has 28 heavy (non-hydrogen) atoms. The number of rotatable bonds is 4. The Hall–Kier alpha value is -1.94. The van der Waals surface area contributed by atoms with Crippen LogP contribution in [0.4, 0.5) is 42.1 Å². The molecule has 2 aromatic carbocycles. The van der Waals surface area contributed by atoms with Gasteiger partial charge in [0, 0.05) is 15.6 Å². The molecule has 152 valence electrons. The first kappa shape index (κ1) is 22.4. The number of alkyl halides is 6. The van der Waals surface area contributed by atoms with Gasteiger partial charge in [0.1, 0.15) is 11.5 Å². The van der Waals surface area contributed by atoms with E-state index >= 15 is 0 Å². The fourth-order valence-corrected chi connectivity index (χ4v) is 2.92. The second-order valence-corrected chi connectivity index (χ2v) is 7.02. The first-order valence-corrected chi connectivity index (χ1v) is 8.90. The summed E-state index contributed by atoms with van der Waals surface area (Å²) in [5, 5.41) is 2.32. The van der Waals surface area contributed by atoms with Gasteiger partial charge in [-0.05, 0) is 48.9 Å². The van der Waals surface area contributed by atoms with Crippen LogP contribution in [0.15, 0.2) is 46.3 Å². The molecule has 0 bridgehead atoms. The van der Waals surface area contributed by atoms with Gasteiger partial charge in [0.05, 0.1) is 5.75 Å². The normalized spacial score (nSPS) is 13.0. The summed E-state index contributed by atoms with van der Waals surface area (Å²) >= 11 is 6.01. The quantitative estimate of drug-likeness (QED) is 0.234. The van der Waals surface area contributed by atoms with Crippen LogP contribution in [0.1, 0.15) is 5.56 Å². The third-order valence-electron chi connectivity index (χ3n) is 3.24. The van der Waals surface area contributed by atoms with Gasteiger partial charge in [0.2, 0.25) is 5.84 Å². The number of nitrogens with zero attached hydrogens (tertiary/aromatic N) is 1. The minimum atomic E-state index is -4.96. The van der Waals surface area contributed by atoms with Crippen molar-refractivity contribution in [3.05, 3.63) is 52.8 Å². The minimum absolute atomic E-state index is 0.000310. The molecule has 2 rings (SSSR count). The predicted octanol–water partition coefficient (Wildman–Crippen LogP) is 7.15. The summed E-state index contributed by atoms with van der Waals surface area (Å²) < 4.78 is 91.2. The third kappa shape index (κ3) is 6.59. The second kappa shape index (κ2) is 8.60. The number of hydrogen-bond acceptors (Lipinski definition) is 2. The molecule has 0 aliphatic rings. The Morgan fingerprint density at radius 1 is 1.07 bits per heavy atom. The lowest BCUT2D eigenvalue weighted by Gasteiger charge is -2.14. The molecule has 0 saturated heterocycles. The highest BCUT2D eigenvalue weighted by molar-refractivity contribution is 7.99. The largest absolute Gasteiger partial charge is 0.449 e. The van der Waals surface area contributed by atoms with Crippen molar-refractivity contribution in [3.8, 4) is 0 Å². The summed E-state index contributed by atoms with van der Waals surface area (Å²) in [6.45, 7) is 1.35. The van der Waals surface area contributed by atoms with Crippen molar-refractivity contribution in [2.75, 3.05) is 11.1 Å². The van der Waals surface area contributed by atoms with Gasteiger partial charge in [0.15, 0.2) is 0 Å². The Bertz CT molecular complexity index is 862. The summed E-state index contributed by atoms with van der Waals surface area (Å²) in [7, 11) is 0. The SMILES string of the molecule is Cc1cc(F)c(N=C(Nc2ccc(Cl)cc2)C(F)(F)F)cc1SCC(F)(F)F. The lowest BCUT2D eigenvalue weighted by molar-refractivity contribution is -0.105. The fraction of sp³-hybridized carbons (Fsp3) is 0.235. The second-order valence-electron chi connectivity index (χ2n) is 5.56. The number of nitrogens with one attached hydrogen (secondary N) is 1. The van der Waals surface area contributed by atoms with E-state index in [1.54, 1.807) is 0 Å². The van der Waals surface area contributed by atoms with Crippen LogP contribution in [-0.4, -0.2) is 23.9 Å². The number of aliphatic imine (C=N–C) groups is 1. The summed E-state index contributed by atoms with van der Waals surface area (Å²) in [6, 6.07) is 6.91. The van der Waals surface area contributed by atoms with Crippen molar-refractivity contribution in [2.45, 2.75) is 24.2 Å². The van der Waals surface area contributed by atoms with E-state index in [-0.39, 0.29) is 16.1 Å². The summed E-state index contributed by atoms with van der Waals surface area (Å²) in [4.78, 5) is 3.25. The van der Waals surface area contributed by atoms with E-state index in [4.69, 9.17) is 11.6 Å². The Balaban J connectivity index is 2.40. The molecular formula is C17H12ClF7N2S. The number of thioether (sulfide) groups is 1. The molecule has 2 nitrogen and oxygen atoms in total. The topological polar surface area (TPSA) is 24.4 Å². The van der Waals surface area contributed by atoms with E-state index < -0.39 is 35.4 Å². The molecule has 0 fully saturated rings. The lowest BCUT2D eigenvalue weighted by atomic mass is 10.2. The molecule has 0 unspecified atom stereocenters. The summed E-state index contributed by atoms with van der Waals surface area (Å²) in [5.41, 5.74) is -0.575. The van der Waals surface area contributed by atoms with Crippen molar-refractivity contribution < 1.29 is 30.7 Å². The molecule has 0 spiro atoms. The molecule has 0 atom stereocenters. The van der Waals surface area contributed by atoms with E-state index in [1.165, 1.54) is 31.2 Å². The lowest BCUT2D eigenvalue weighted by Crippen LogP contribution is -2.30. The smallest absolute Gasteiger partial charge is 0.336 e. The molecule has 0 radical (unpaired) electrons. The first-order valence-electron chi connectivity index (χ1n) is 7.53. The van der Waals surface area contributed by atoms with Crippen LogP contribution >= 0.6 is 23.4 Å². The van der Waals surface area contributed by atoms with Gasteiger partial charge in [-0.1, -0.05) is 11.6 Å². The number of benzene rings is 2. The molecule has 0 saturated carbocycles. The summed E-state index contributed by atoms with van der Waals surface area (Å²) in [6.07, 6.45) is -9.45. The zero-order chi connectivity index (χ0) is 21.1. The van der Waals surface area contributed by atoms with Crippen molar-refractivity contribution in [2.24, 2.45) is 4.99 Å². The van der Waals surface area contributed by atoms with E-state index in [0.29, 0.717) is 16.8 Å². The molecule has 1 N–H and O–H groups in total. The molecule has 0 heterocycles. The van der Waals surface area contributed by atoms with Crippen LogP contribution < -0.4 is 5.32 Å². The molecule has 0 aliphatic carbocycles. The Labute approximate surface area is 164 Å². The number of amidine groups is 1. The van der Waals surface area contributed by atoms with Gasteiger partial charge in [-0.15, -0.1) is 11.8 Å². The van der Waals surface area contributed by atoms with E-state index in [1.807, 2.05) is 5.32 Å². The Morgan fingerprint density at radius 3 is 2.21 bits per heavy atom. The molecule has 0 aliphatic heterocycles. The highest BCUT2D eigenvalue weighted by atomic mass is 35.5. The fourth-order valence-electron chi connectivity index (χ4n) is 2.00. The van der Waals surface area contributed by atoms with Gasteiger partial charge in [-0.2, -0.15) is 26.3 Å². The number of halogens is 8. The maximum atomic E-state index is 14.1. The predicted molar refractivity (Wildman–Crippen MR) is 96.1 cm³/mol. The van der Waals surface area contributed by atoms with Crippen LogP contribution in [-0.2, 0) is 0 Å². The number of aryl methyl sites for hydroxylation is 1. The summed E-state index contributed by atoms with van der Waals surface area (Å²) in [5.74, 6) is -3.88. The van der Waals surface area contributed by atoms with Gasteiger partial charge >= 0.3 is 12.4 Å². The maximum absolute atomic E-state index is 14.1. The van der Waals surface area contributed by atoms with E-state index in [2.05, 4.69) is 4.99 Å². The van der Waals surface area contributed by atoms with Gasteiger partial charge in [-0.3, -0.25) is 0 Å². The standard InChI is InChI=1S/C17H12ClF7N2S/c1-9-6-12(19)13(7-14(9)28-8-16(20,21)22)27-15(17(23,24)25)26-11-4-2-10(18)3-5-11/h2-7H,8H2,1H3,(H,26,27). The molecule has 11 heteroatoms. The average Bonchev–Trinajstić information content (AvgIpc) is 2.55. The molecule has 2 aromatic rings. The van der Waals surface area contributed by atoms with E-state index in [9.17, 15) is 30.7 Å². The Kier molecular flexibility index (Phi) is 6.87. The monoisotopic (exact) mass is 444 g/mol. The van der Waals surface area contributed by atoms with Crippen LogP contribution in [0.3, 0.4) is 0 Å². The molecular weight excluding hydrogens is 433 g/mol. The van der Waals surface area contributed by atoms with Crippen LogP contribution in [0, 0.1) is 12.7 Å². The van der Waals surface area contributed by atoms with Gasteiger partial charge in [0.25, 0.3) is 0 Å². The Morgan fingerprint density at radius 2 is 1.68 bits per heavy atom. The number of anilines is 1. The van der Waals surface area contributed by atoms with Crippen molar-refractivity contribution in [3.63, 3.8) is 0 Å². The minimum Gasteiger partial charge on any atom is -0.336 e. The zero-order valence-corrected chi connectivity index (χ0v) is 15.6. The first-order chi connectivity index (χ1) is 12.8. The number of hydrogen-bond donors (Lipinski definition) is 1.